The fourth-order valence-electron chi connectivity index (χ4n) is 1.05. The molecule has 16 heavy (non-hydrogen) atoms. The molecule has 1 rings (SSSR count). The van der Waals surface area contributed by atoms with Gasteiger partial charge in [-0.05, 0) is 5.25 Å². The molecular formula is C10H15N3O2S. The average molecular weight is 241 g/mol. The molecule has 5 nitrogen and oxygen atoms in total. The highest BCUT2D eigenvalue weighted by Gasteiger charge is 2.12. The zero-order valence-electron chi connectivity index (χ0n) is 9.38. The van der Waals surface area contributed by atoms with Crippen LogP contribution in [0.2, 0.25) is 0 Å². The van der Waals surface area contributed by atoms with Gasteiger partial charge in [0.25, 0.3) is 0 Å². The van der Waals surface area contributed by atoms with E-state index in [1.54, 1.807) is 11.8 Å². The minimum Gasteiger partial charge on any atom is -0.392 e. The summed E-state index contributed by atoms with van der Waals surface area (Å²) in [6, 6.07) is 1.89. The van der Waals surface area contributed by atoms with E-state index in [0.29, 0.717) is 22.7 Å². The molecule has 1 aromatic rings. The number of nitriles is 1. The van der Waals surface area contributed by atoms with Gasteiger partial charge < -0.3 is 9.63 Å². The van der Waals surface area contributed by atoms with Crippen molar-refractivity contribution in [3.8, 4) is 6.07 Å². The van der Waals surface area contributed by atoms with Crippen molar-refractivity contribution in [1.29, 1.82) is 5.26 Å². The second-order valence-electron chi connectivity index (χ2n) is 3.68. The minimum atomic E-state index is -0.726. The number of aromatic nitrogens is 2. The van der Waals surface area contributed by atoms with E-state index >= 15 is 0 Å². The van der Waals surface area contributed by atoms with Crippen molar-refractivity contribution in [3.05, 3.63) is 11.7 Å². The first-order valence-electron chi connectivity index (χ1n) is 5.10. The smallest absolute Gasteiger partial charge is 0.229 e. The first kappa shape index (κ1) is 13.0. The fraction of sp³-hybridized carbons (Fsp3) is 0.700. The van der Waals surface area contributed by atoms with E-state index < -0.39 is 6.10 Å². The van der Waals surface area contributed by atoms with E-state index in [9.17, 15) is 5.11 Å². The largest absolute Gasteiger partial charge is 0.392 e. The Balaban J connectivity index is 2.42. The lowest BCUT2D eigenvalue weighted by atomic mass is 10.2. The molecule has 1 atom stereocenters. The van der Waals surface area contributed by atoms with Crippen LogP contribution in [0.3, 0.4) is 0 Å². The zero-order chi connectivity index (χ0) is 12.0. The molecule has 1 unspecified atom stereocenters. The average Bonchev–Trinajstić information content (AvgIpc) is 2.63. The molecule has 0 aliphatic heterocycles. The summed E-state index contributed by atoms with van der Waals surface area (Å²) in [4.78, 5) is 4.14. The number of hydrogen-bond donors (Lipinski definition) is 1. The van der Waals surface area contributed by atoms with E-state index in [1.165, 1.54) is 0 Å². The van der Waals surface area contributed by atoms with Crippen LogP contribution in [-0.2, 0) is 12.2 Å². The number of aliphatic hydroxyl groups is 1. The third kappa shape index (κ3) is 4.64. The Morgan fingerprint density at radius 3 is 2.94 bits per heavy atom. The van der Waals surface area contributed by atoms with Gasteiger partial charge in [0, 0.05) is 0 Å². The molecule has 0 radical (unpaired) electrons. The Morgan fingerprint density at radius 2 is 2.31 bits per heavy atom. The molecule has 0 aliphatic carbocycles. The monoisotopic (exact) mass is 241 g/mol. The molecule has 0 fully saturated rings. The van der Waals surface area contributed by atoms with Gasteiger partial charge in [-0.15, -0.1) is 0 Å². The normalized spacial score (nSPS) is 12.7. The van der Waals surface area contributed by atoms with Crippen LogP contribution in [0.1, 0.15) is 32.0 Å². The van der Waals surface area contributed by atoms with Crippen molar-refractivity contribution in [2.45, 2.75) is 43.8 Å². The molecule has 0 aliphatic rings. The first-order chi connectivity index (χ1) is 7.61. The molecule has 0 saturated heterocycles. The SMILES string of the molecule is CC(C)SCc1noc(CC(O)CC#N)n1. The third-order valence-electron chi connectivity index (χ3n) is 1.79. The van der Waals surface area contributed by atoms with Gasteiger partial charge in [0.05, 0.1) is 30.8 Å². The topological polar surface area (TPSA) is 82.9 Å². The highest BCUT2D eigenvalue weighted by molar-refractivity contribution is 7.99. The Bertz CT molecular complexity index is 359. The molecule has 1 aromatic heterocycles. The van der Waals surface area contributed by atoms with Crippen molar-refractivity contribution < 1.29 is 9.63 Å². The van der Waals surface area contributed by atoms with Gasteiger partial charge in [0.1, 0.15) is 0 Å². The summed E-state index contributed by atoms with van der Waals surface area (Å²) in [5, 5.41) is 22.1. The van der Waals surface area contributed by atoms with E-state index in [4.69, 9.17) is 9.78 Å². The van der Waals surface area contributed by atoms with Crippen molar-refractivity contribution in [3.63, 3.8) is 0 Å². The van der Waals surface area contributed by atoms with Gasteiger partial charge in [-0.3, -0.25) is 0 Å². The van der Waals surface area contributed by atoms with Crippen molar-refractivity contribution in [2.75, 3.05) is 0 Å². The van der Waals surface area contributed by atoms with Gasteiger partial charge in [0.2, 0.25) is 5.89 Å². The van der Waals surface area contributed by atoms with Crippen LogP contribution in [0, 0.1) is 11.3 Å². The lowest BCUT2D eigenvalue weighted by molar-refractivity contribution is 0.167. The molecule has 0 amide bonds. The first-order valence-corrected chi connectivity index (χ1v) is 6.14. The van der Waals surface area contributed by atoms with Gasteiger partial charge in [-0.1, -0.05) is 19.0 Å². The summed E-state index contributed by atoms with van der Waals surface area (Å²) in [6.07, 6.45) is -0.401. The predicted molar refractivity (Wildman–Crippen MR) is 60.7 cm³/mol. The van der Waals surface area contributed by atoms with Crippen molar-refractivity contribution >= 4 is 11.8 Å². The maximum Gasteiger partial charge on any atom is 0.229 e. The lowest BCUT2D eigenvalue weighted by Crippen LogP contribution is -2.09. The second-order valence-corrected chi connectivity index (χ2v) is 5.25. The number of thioether (sulfide) groups is 1. The van der Waals surface area contributed by atoms with Gasteiger partial charge in [0.15, 0.2) is 5.82 Å². The molecule has 1 heterocycles. The van der Waals surface area contributed by atoms with Crippen LogP contribution in [-0.4, -0.2) is 26.6 Å². The Hall–Kier alpha value is -1.06. The Labute approximate surface area is 98.8 Å². The van der Waals surface area contributed by atoms with Crippen LogP contribution in [0.4, 0.5) is 0 Å². The summed E-state index contributed by atoms with van der Waals surface area (Å²) in [5.41, 5.74) is 0. The Kier molecular flexibility index (Phi) is 5.29. The molecule has 0 saturated carbocycles. The fourth-order valence-corrected chi connectivity index (χ4v) is 1.65. The zero-order valence-corrected chi connectivity index (χ0v) is 10.2. The highest BCUT2D eigenvalue weighted by Crippen LogP contribution is 2.15. The van der Waals surface area contributed by atoms with Crippen LogP contribution >= 0.6 is 11.8 Å². The summed E-state index contributed by atoms with van der Waals surface area (Å²) in [5.74, 6) is 1.73. The quantitative estimate of drug-likeness (QED) is 0.813. The standard InChI is InChI=1S/C10H15N3O2S/c1-7(2)16-6-9-12-10(15-13-9)5-8(14)3-4-11/h7-8,14H,3,5-6H2,1-2H3. The minimum absolute atomic E-state index is 0.0818. The molecule has 0 spiro atoms. The summed E-state index contributed by atoms with van der Waals surface area (Å²) in [7, 11) is 0. The molecule has 0 aromatic carbocycles. The van der Waals surface area contributed by atoms with Crippen LogP contribution < -0.4 is 0 Å². The van der Waals surface area contributed by atoms with Crippen LogP contribution in [0.5, 0.6) is 0 Å². The summed E-state index contributed by atoms with van der Waals surface area (Å²) < 4.78 is 4.97. The van der Waals surface area contributed by atoms with Gasteiger partial charge >= 0.3 is 0 Å². The highest BCUT2D eigenvalue weighted by atomic mass is 32.2. The van der Waals surface area contributed by atoms with E-state index in [-0.39, 0.29) is 12.8 Å². The molecule has 1 N–H and O–H groups in total. The van der Waals surface area contributed by atoms with Crippen LogP contribution in [0.25, 0.3) is 0 Å². The van der Waals surface area contributed by atoms with Crippen LogP contribution in [0.15, 0.2) is 4.52 Å². The van der Waals surface area contributed by atoms with E-state index in [1.807, 2.05) is 6.07 Å². The maximum absolute atomic E-state index is 9.37. The van der Waals surface area contributed by atoms with Crippen molar-refractivity contribution in [1.82, 2.24) is 10.1 Å². The summed E-state index contributed by atoms with van der Waals surface area (Å²) >= 11 is 1.73. The molecule has 88 valence electrons. The predicted octanol–water partition coefficient (Wildman–Crippen LogP) is 1.53. The number of rotatable bonds is 6. The van der Waals surface area contributed by atoms with Gasteiger partial charge in [-0.25, -0.2) is 0 Å². The molecule has 0 bridgehead atoms. The summed E-state index contributed by atoms with van der Waals surface area (Å²) in [6.45, 7) is 4.20. The van der Waals surface area contributed by atoms with E-state index in [2.05, 4.69) is 24.0 Å². The van der Waals surface area contributed by atoms with Gasteiger partial charge in [-0.2, -0.15) is 22.0 Å². The third-order valence-corrected chi connectivity index (χ3v) is 2.88. The number of nitrogens with zero attached hydrogens (tertiary/aromatic N) is 3. The molecular weight excluding hydrogens is 226 g/mol. The molecule has 6 heteroatoms. The lowest BCUT2D eigenvalue weighted by Gasteiger charge is -2.00. The van der Waals surface area contributed by atoms with E-state index in [0.717, 1.165) is 0 Å². The Morgan fingerprint density at radius 1 is 1.56 bits per heavy atom. The number of aliphatic hydroxyl groups excluding tert-OH is 1. The van der Waals surface area contributed by atoms with Crippen molar-refractivity contribution in [2.24, 2.45) is 0 Å². The number of hydrogen-bond acceptors (Lipinski definition) is 6. The second kappa shape index (κ2) is 6.51. The maximum atomic E-state index is 9.37.